The first kappa shape index (κ1) is 15.9. The van der Waals surface area contributed by atoms with Gasteiger partial charge in [-0.3, -0.25) is 4.79 Å². The Morgan fingerprint density at radius 2 is 1.73 bits per heavy atom. The SMILES string of the molecule is Cc1ccc(NC(=O)CNc2ccc(N(C)C)cc2)c(C)c1. The van der Waals surface area contributed by atoms with Gasteiger partial charge in [-0.15, -0.1) is 0 Å². The lowest BCUT2D eigenvalue weighted by Crippen LogP contribution is -2.22. The number of anilines is 3. The fraction of sp³-hybridized carbons (Fsp3) is 0.278. The average molecular weight is 297 g/mol. The van der Waals surface area contributed by atoms with Crippen LogP contribution in [0.5, 0.6) is 0 Å². The molecule has 4 nitrogen and oxygen atoms in total. The lowest BCUT2D eigenvalue weighted by molar-refractivity contribution is -0.114. The van der Waals surface area contributed by atoms with Crippen LogP contribution in [0.15, 0.2) is 42.5 Å². The van der Waals surface area contributed by atoms with Crippen LogP contribution in [-0.4, -0.2) is 26.5 Å². The highest BCUT2D eigenvalue weighted by atomic mass is 16.1. The minimum Gasteiger partial charge on any atom is -0.378 e. The predicted molar refractivity (Wildman–Crippen MR) is 93.8 cm³/mol. The maximum Gasteiger partial charge on any atom is 0.243 e. The Morgan fingerprint density at radius 1 is 1.05 bits per heavy atom. The van der Waals surface area contributed by atoms with Gasteiger partial charge in [0.15, 0.2) is 0 Å². The molecule has 0 aromatic heterocycles. The van der Waals surface area contributed by atoms with Crippen molar-refractivity contribution in [2.75, 3.05) is 36.2 Å². The molecule has 2 N–H and O–H groups in total. The van der Waals surface area contributed by atoms with Crippen molar-refractivity contribution in [1.29, 1.82) is 0 Å². The van der Waals surface area contributed by atoms with Gasteiger partial charge < -0.3 is 15.5 Å². The van der Waals surface area contributed by atoms with Crippen LogP contribution < -0.4 is 15.5 Å². The third-order valence-corrected chi connectivity index (χ3v) is 3.49. The van der Waals surface area contributed by atoms with Crippen LogP contribution in [-0.2, 0) is 4.79 Å². The second-order valence-corrected chi connectivity index (χ2v) is 5.66. The lowest BCUT2D eigenvalue weighted by atomic mass is 10.1. The lowest BCUT2D eigenvalue weighted by Gasteiger charge is -2.13. The van der Waals surface area contributed by atoms with Crippen molar-refractivity contribution in [1.82, 2.24) is 0 Å². The molecule has 2 aromatic carbocycles. The highest BCUT2D eigenvalue weighted by Gasteiger charge is 2.05. The number of benzene rings is 2. The molecule has 0 spiro atoms. The molecule has 0 radical (unpaired) electrons. The molecule has 0 unspecified atom stereocenters. The van der Waals surface area contributed by atoms with Crippen LogP contribution in [0.1, 0.15) is 11.1 Å². The van der Waals surface area contributed by atoms with Crippen molar-refractivity contribution in [2.45, 2.75) is 13.8 Å². The van der Waals surface area contributed by atoms with Gasteiger partial charge >= 0.3 is 0 Å². The van der Waals surface area contributed by atoms with Crippen LogP contribution in [0, 0.1) is 13.8 Å². The first-order chi connectivity index (χ1) is 10.5. The van der Waals surface area contributed by atoms with Gasteiger partial charge in [0.1, 0.15) is 0 Å². The number of amides is 1. The zero-order chi connectivity index (χ0) is 16.1. The van der Waals surface area contributed by atoms with Crippen molar-refractivity contribution < 1.29 is 4.79 Å². The monoisotopic (exact) mass is 297 g/mol. The summed E-state index contributed by atoms with van der Waals surface area (Å²) in [6, 6.07) is 14.0. The van der Waals surface area contributed by atoms with Gasteiger partial charge in [0.2, 0.25) is 5.91 Å². The molecule has 0 fully saturated rings. The Kier molecular flexibility index (Phi) is 5.04. The number of nitrogens with zero attached hydrogens (tertiary/aromatic N) is 1. The van der Waals surface area contributed by atoms with E-state index in [1.807, 2.05) is 69.2 Å². The van der Waals surface area contributed by atoms with Gasteiger partial charge in [0.25, 0.3) is 0 Å². The largest absolute Gasteiger partial charge is 0.378 e. The summed E-state index contributed by atoms with van der Waals surface area (Å²) in [5.41, 5.74) is 5.19. The van der Waals surface area contributed by atoms with Gasteiger partial charge in [-0.25, -0.2) is 0 Å². The molecule has 2 aromatic rings. The van der Waals surface area contributed by atoms with E-state index in [-0.39, 0.29) is 12.5 Å². The van der Waals surface area contributed by atoms with Gasteiger partial charge in [-0.05, 0) is 49.7 Å². The van der Waals surface area contributed by atoms with Crippen LogP contribution in [0.25, 0.3) is 0 Å². The van der Waals surface area contributed by atoms with Gasteiger partial charge in [0, 0.05) is 31.2 Å². The van der Waals surface area contributed by atoms with Crippen molar-refractivity contribution in [2.24, 2.45) is 0 Å². The summed E-state index contributed by atoms with van der Waals surface area (Å²) in [7, 11) is 4.00. The summed E-state index contributed by atoms with van der Waals surface area (Å²) in [6.07, 6.45) is 0. The van der Waals surface area contributed by atoms with E-state index >= 15 is 0 Å². The minimum absolute atomic E-state index is 0.0522. The van der Waals surface area contributed by atoms with E-state index in [1.54, 1.807) is 0 Å². The minimum atomic E-state index is -0.0522. The molecule has 116 valence electrons. The molecule has 0 saturated heterocycles. The van der Waals surface area contributed by atoms with E-state index in [9.17, 15) is 4.79 Å². The number of rotatable bonds is 5. The Morgan fingerprint density at radius 3 is 2.32 bits per heavy atom. The summed E-state index contributed by atoms with van der Waals surface area (Å²) in [5, 5.41) is 6.06. The maximum absolute atomic E-state index is 12.0. The number of hydrogen-bond donors (Lipinski definition) is 2. The fourth-order valence-corrected chi connectivity index (χ4v) is 2.21. The quantitative estimate of drug-likeness (QED) is 0.889. The summed E-state index contributed by atoms with van der Waals surface area (Å²) in [6.45, 7) is 4.28. The van der Waals surface area contributed by atoms with Crippen LogP contribution in [0.2, 0.25) is 0 Å². The van der Waals surface area contributed by atoms with E-state index in [0.29, 0.717) is 0 Å². The molecule has 0 heterocycles. The summed E-state index contributed by atoms with van der Waals surface area (Å²) in [4.78, 5) is 14.1. The molecule has 0 saturated carbocycles. The standard InChI is InChI=1S/C18H23N3O/c1-13-5-10-17(14(2)11-13)20-18(22)12-19-15-6-8-16(9-7-15)21(3)4/h5-11,19H,12H2,1-4H3,(H,20,22). The number of hydrogen-bond acceptors (Lipinski definition) is 3. The second-order valence-electron chi connectivity index (χ2n) is 5.66. The molecular weight excluding hydrogens is 274 g/mol. The van der Waals surface area contributed by atoms with E-state index in [2.05, 4.69) is 16.7 Å². The summed E-state index contributed by atoms with van der Waals surface area (Å²) < 4.78 is 0. The summed E-state index contributed by atoms with van der Waals surface area (Å²) in [5.74, 6) is -0.0522. The molecule has 22 heavy (non-hydrogen) atoms. The number of nitrogens with one attached hydrogen (secondary N) is 2. The Labute approximate surface area is 132 Å². The van der Waals surface area contributed by atoms with Crippen molar-refractivity contribution in [3.05, 3.63) is 53.6 Å². The van der Waals surface area contributed by atoms with E-state index in [4.69, 9.17) is 0 Å². The molecule has 0 atom stereocenters. The Bertz CT molecular complexity index is 648. The highest BCUT2D eigenvalue weighted by Crippen LogP contribution is 2.17. The van der Waals surface area contributed by atoms with Crippen molar-refractivity contribution in [3.8, 4) is 0 Å². The fourth-order valence-electron chi connectivity index (χ4n) is 2.21. The second kappa shape index (κ2) is 6.98. The van der Waals surface area contributed by atoms with Gasteiger partial charge in [-0.2, -0.15) is 0 Å². The first-order valence-electron chi connectivity index (χ1n) is 7.34. The topological polar surface area (TPSA) is 44.4 Å². The highest BCUT2D eigenvalue weighted by molar-refractivity contribution is 5.94. The zero-order valence-corrected chi connectivity index (χ0v) is 13.6. The number of aryl methyl sites for hydroxylation is 2. The number of carbonyl (C=O) groups is 1. The molecule has 0 aliphatic rings. The van der Waals surface area contributed by atoms with Gasteiger partial charge in [0.05, 0.1) is 6.54 Å². The average Bonchev–Trinajstić information content (AvgIpc) is 2.48. The van der Waals surface area contributed by atoms with Crippen LogP contribution >= 0.6 is 0 Å². The molecule has 1 amide bonds. The van der Waals surface area contributed by atoms with Crippen molar-refractivity contribution in [3.63, 3.8) is 0 Å². The molecule has 0 aliphatic carbocycles. The molecule has 0 aliphatic heterocycles. The zero-order valence-electron chi connectivity index (χ0n) is 13.6. The predicted octanol–water partition coefficient (Wildman–Crippen LogP) is 3.42. The molecule has 2 rings (SSSR count). The Balaban J connectivity index is 1.89. The van der Waals surface area contributed by atoms with Gasteiger partial charge in [-0.1, -0.05) is 17.7 Å². The normalized spacial score (nSPS) is 10.2. The summed E-state index contributed by atoms with van der Waals surface area (Å²) >= 11 is 0. The Hall–Kier alpha value is -2.49. The van der Waals surface area contributed by atoms with E-state index in [0.717, 1.165) is 22.6 Å². The maximum atomic E-state index is 12.0. The third kappa shape index (κ3) is 4.25. The van der Waals surface area contributed by atoms with E-state index in [1.165, 1.54) is 5.56 Å². The van der Waals surface area contributed by atoms with E-state index < -0.39 is 0 Å². The smallest absolute Gasteiger partial charge is 0.243 e. The third-order valence-electron chi connectivity index (χ3n) is 3.49. The van der Waals surface area contributed by atoms with Crippen molar-refractivity contribution >= 4 is 23.0 Å². The van der Waals surface area contributed by atoms with Crippen LogP contribution in [0.3, 0.4) is 0 Å². The first-order valence-corrected chi connectivity index (χ1v) is 7.34. The van der Waals surface area contributed by atoms with Crippen LogP contribution in [0.4, 0.5) is 17.1 Å². The molecular formula is C18H23N3O. The molecule has 0 bridgehead atoms. The molecule has 4 heteroatoms. The number of carbonyl (C=O) groups excluding carboxylic acids is 1.